The van der Waals surface area contributed by atoms with Gasteiger partial charge in [-0.05, 0) is 38.1 Å². The summed E-state index contributed by atoms with van der Waals surface area (Å²) >= 11 is 0. The van der Waals surface area contributed by atoms with Gasteiger partial charge in [0.05, 0.1) is 10.6 Å². The zero-order valence-electron chi connectivity index (χ0n) is 15.3. The molecular weight excluding hydrogens is 386 g/mol. The molecule has 0 radical (unpaired) electrons. The lowest BCUT2D eigenvalue weighted by atomic mass is 10.1. The molecule has 0 bridgehead atoms. The van der Waals surface area contributed by atoms with E-state index in [1.165, 1.54) is 31.2 Å². The van der Waals surface area contributed by atoms with Gasteiger partial charge in [-0.1, -0.05) is 0 Å². The average Bonchev–Trinajstić information content (AvgIpc) is 2.61. The largest absolute Gasteiger partial charge is 0.493 e. The van der Waals surface area contributed by atoms with Gasteiger partial charge < -0.3 is 5.11 Å². The summed E-state index contributed by atoms with van der Waals surface area (Å²) in [7, 11) is -3.97. The molecule has 1 aromatic heterocycles. The molecule has 2 N–H and O–H groups in total. The molecule has 0 fully saturated rings. The van der Waals surface area contributed by atoms with Crippen LogP contribution >= 0.6 is 0 Å². The Labute approximate surface area is 160 Å². The Bertz CT molecular complexity index is 1160. The predicted molar refractivity (Wildman–Crippen MR) is 99.1 cm³/mol. The van der Waals surface area contributed by atoms with E-state index in [0.29, 0.717) is 0 Å². The van der Waals surface area contributed by atoms with Crippen molar-refractivity contribution in [2.24, 2.45) is 10.2 Å². The standard InChI is InChI=1S/C17H17N5O5S/c1-4-22-16(24)14(9-18)10(2)15(17(22)25)20-19-12-5-7-13(8-6-12)28(26,27)21-11(3)23/h5-8,24H,4H2,1-3H3,(H,21,23). The SMILES string of the molecule is CCn1c(O)c(C#N)c(C)c(N=Nc2ccc(S(=O)(=O)NC(C)=O)cc2)c1=O. The van der Waals surface area contributed by atoms with Crippen LogP contribution in [0, 0.1) is 18.3 Å². The summed E-state index contributed by atoms with van der Waals surface area (Å²) in [5.74, 6) is -1.15. The van der Waals surface area contributed by atoms with E-state index in [4.69, 9.17) is 0 Å². The monoisotopic (exact) mass is 403 g/mol. The van der Waals surface area contributed by atoms with Gasteiger partial charge in [-0.2, -0.15) is 10.4 Å². The minimum absolute atomic E-state index is 0.0767. The van der Waals surface area contributed by atoms with Crippen LogP contribution in [-0.4, -0.2) is 24.0 Å². The number of hydrogen-bond donors (Lipinski definition) is 2. The van der Waals surface area contributed by atoms with Crippen LogP contribution in [0.3, 0.4) is 0 Å². The van der Waals surface area contributed by atoms with Crippen molar-refractivity contribution in [3.05, 3.63) is 45.7 Å². The second-order valence-electron chi connectivity index (χ2n) is 5.69. The second-order valence-corrected chi connectivity index (χ2v) is 7.37. The van der Waals surface area contributed by atoms with Crippen molar-refractivity contribution in [1.29, 1.82) is 5.26 Å². The number of carbonyl (C=O) groups is 1. The molecule has 10 nitrogen and oxygen atoms in total. The van der Waals surface area contributed by atoms with Crippen molar-refractivity contribution in [1.82, 2.24) is 9.29 Å². The Hall–Kier alpha value is -3.52. The molecule has 0 spiro atoms. The maximum Gasteiger partial charge on any atom is 0.281 e. The predicted octanol–water partition coefficient (Wildman–Crippen LogP) is 1.99. The molecule has 2 aromatic rings. The first-order valence-electron chi connectivity index (χ1n) is 8.04. The molecule has 0 aliphatic carbocycles. The summed E-state index contributed by atoms with van der Waals surface area (Å²) in [6, 6.07) is 6.98. The first kappa shape index (κ1) is 20.8. The first-order chi connectivity index (χ1) is 13.1. The normalized spacial score (nSPS) is 11.4. The number of hydrogen-bond acceptors (Lipinski definition) is 8. The number of aromatic hydroxyl groups is 1. The van der Waals surface area contributed by atoms with Gasteiger partial charge in [0, 0.05) is 19.0 Å². The fourth-order valence-corrected chi connectivity index (χ4v) is 3.39. The number of nitrogens with one attached hydrogen (secondary N) is 1. The second kappa shape index (κ2) is 8.01. The van der Waals surface area contributed by atoms with E-state index in [9.17, 15) is 28.4 Å². The van der Waals surface area contributed by atoms with Gasteiger partial charge in [-0.15, -0.1) is 5.11 Å². The van der Waals surface area contributed by atoms with Crippen molar-refractivity contribution in [3.8, 4) is 11.9 Å². The molecule has 28 heavy (non-hydrogen) atoms. The first-order valence-corrected chi connectivity index (χ1v) is 9.52. The fourth-order valence-electron chi connectivity index (χ4n) is 2.40. The molecule has 0 atom stereocenters. The smallest absolute Gasteiger partial charge is 0.281 e. The highest BCUT2D eigenvalue weighted by Crippen LogP contribution is 2.27. The lowest BCUT2D eigenvalue weighted by Gasteiger charge is -2.10. The van der Waals surface area contributed by atoms with Crippen LogP contribution in [0.25, 0.3) is 0 Å². The van der Waals surface area contributed by atoms with Gasteiger partial charge in [0.2, 0.25) is 11.8 Å². The fraction of sp³-hybridized carbons (Fsp3) is 0.235. The summed E-state index contributed by atoms with van der Waals surface area (Å²) in [6.45, 7) is 4.32. The van der Waals surface area contributed by atoms with Crippen LogP contribution in [0.5, 0.6) is 5.88 Å². The Balaban J connectivity index is 2.44. The van der Waals surface area contributed by atoms with Gasteiger partial charge >= 0.3 is 0 Å². The van der Waals surface area contributed by atoms with Crippen molar-refractivity contribution in [3.63, 3.8) is 0 Å². The van der Waals surface area contributed by atoms with Gasteiger partial charge in [0.15, 0.2) is 5.69 Å². The minimum Gasteiger partial charge on any atom is -0.493 e. The Kier molecular flexibility index (Phi) is 5.95. The van der Waals surface area contributed by atoms with Crippen LogP contribution in [0.2, 0.25) is 0 Å². The Morgan fingerprint density at radius 2 is 1.89 bits per heavy atom. The quantitative estimate of drug-likeness (QED) is 0.728. The number of carbonyl (C=O) groups excluding carboxylic acids is 1. The third-order valence-corrected chi connectivity index (χ3v) is 5.22. The van der Waals surface area contributed by atoms with Crippen molar-refractivity contribution >= 4 is 27.3 Å². The molecule has 0 aliphatic heterocycles. The van der Waals surface area contributed by atoms with E-state index in [-0.39, 0.29) is 33.9 Å². The number of sulfonamides is 1. The van der Waals surface area contributed by atoms with Crippen LogP contribution in [0.4, 0.5) is 11.4 Å². The number of nitrogens with zero attached hydrogens (tertiary/aromatic N) is 4. The van der Waals surface area contributed by atoms with E-state index >= 15 is 0 Å². The number of benzene rings is 1. The molecule has 11 heteroatoms. The molecule has 1 amide bonds. The zero-order valence-corrected chi connectivity index (χ0v) is 16.1. The highest BCUT2D eigenvalue weighted by Gasteiger charge is 2.18. The molecule has 146 valence electrons. The summed E-state index contributed by atoms with van der Waals surface area (Å²) in [4.78, 5) is 23.3. The third kappa shape index (κ3) is 4.07. The highest BCUT2D eigenvalue weighted by atomic mass is 32.2. The summed E-state index contributed by atoms with van der Waals surface area (Å²) in [6.07, 6.45) is 0. The summed E-state index contributed by atoms with van der Waals surface area (Å²) < 4.78 is 26.7. The van der Waals surface area contributed by atoms with Gasteiger partial charge in [-0.25, -0.2) is 13.1 Å². The van der Waals surface area contributed by atoms with Crippen molar-refractivity contribution < 1.29 is 18.3 Å². The Morgan fingerprint density at radius 1 is 1.29 bits per heavy atom. The van der Waals surface area contributed by atoms with Crippen LogP contribution in [0.1, 0.15) is 25.0 Å². The average molecular weight is 403 g/mol. The number of rotatable bonds is 5. The molecule has 0 aliphatic rings. The van der Waals surface area contributed by atoms with Crippen molar-refractivity contribution in [2.75, 3.05) is 0 Å². The number of amides is 1. The number of nitriles is 1. The van der Waals surface area contributed by atoms with Crippen molar-refractivity contribution in [2.45, 2.75) is 32.2 Å². The van der Waals surface area contributed by atoms with E-state index < -0.39 is 27.4 Å². The summed E-state index contributed by atoms with van der Waals surface area (Å²) in [5.41, 5.74) is -0.359. The lowest BCUT2D eigenvalue weighted by Crippen LogP contribution is -2.28. The highest BCUT2D eigenvalue weighted by molar-refractivity contribution is 7.90. The maximum absolute atomic E-state index is 12.4. The van der Waals surface area contributed by atoms with Crippen LogP contribution < -0.4 is 10.3 Å². The molecule has 0 saturated heterocycles. The summed E-state index contributed by atoms with van der Waals surface area (Å²) in [5, 5.41) is 27.0. The molecule has 1 aromatic carbocycles. The molecule has 0 unspecified atom stereocenters. The maximum atomic E-state index is 12.4. The molecular formula is C17H17N5O5S. The molecule has 1 heterocycles. The van der Waals surface area contributed by atoms with Crippen LogP contribution in [0.15, 0.2) is 44.2 Å². The molecule has 2 rings (SSSR count). The van der Waals surface area contributed by atoms with E-state index in [0.717, 1.165) is 11.5 Å². The lowest BCUT2D eigenvalue weighted by molar-refractivity contribution is -0.117. The Morgan fingerprint density at radius 3 is 2.39 bits per heavy atom. The van der Waals surface area contributed by atoms with Crippen LogP contribution in [-0.2, 0) is 21.4 Å². The number of aromatic nitrogens is 1. The zero-order chi connectivity index (χ0) is 21.1. The van der Waals surface area contributed by atoms with E-state index in [1.54, 1.807) is 6.92 Å². The topological polar surface area (TPSA) is 154 Å². The van der Waals surface area contributed by atoms with E-state index in [1.807, 2.05) is 10.8 Å². The number of azo groups is 1. The van der Waals surface area contributed by atoms with E-state index in [2.05, 4.69) is 10.2 Å². The molecule has 0 saturated carbocycles. The number of pyridine rings is 1. The van der Waals surface area contributed by atoms with Gasteiger partial charge in [-0.3, -0.25) is 14.2 Å². The minimum atomic E-state index is -3.97. The van der Waals surface area contributed by atoms with Gasteiger partial charge in [0.25, 0.3) is 15.6 Å². The van der Waals surface area contributed by atoms with Gasteiger partial charge in [0.1, 0.15) is 11.6 Å². The third-order valence-electron chi connectivity index (χ3n) is 3.78.